The normalized spacial score (nSPS) is 11.8. The molecule has 0 aliphatic rings. The predicted octanol–water partition coefficient (Wildman–Crippen LogP) is 4.38. The lowest BCUT2D eigenvalue weighted by molar-refractivity contribution is 0.0135. The zero-order valence-electron chi connectivity index (χ0n) is 9.76. The Morgan fingerprint density at radius 2 is 1.81 bits per heavy atom. The van der Waals surface area contributed by atoms with Gasteiger partial charge in [-0.25, -0.2) is 4.39 Å². The Morgan fingerprint density at radius 1 is 1.25 bits per heavy atom. The smallest absolute Gasteiger partial charge is 0.143 e. The fraction of sp³-hybridized carbons (Fsp3) is 0.538. The molecule has 90 valence electrons. The fourth-order valence-corrected chi connectivity index (χ4v) is 2.45. The molecular formula is C13H18BrFO. The van der Waals surface area contributed by atoms with Gasteiger partial charge in [-0.05, 0) is 34.8 Å². The Labute approximate surface area is 105 Å². The fourth-order valence-electron chi connectivity index (χ4n) is 2.08. The van der Waals surface area contributed by atoms with Crippen LogP contribution in [0.4, 0.5) is 4.39 Å². The van der Waals surface area contributed by atoms with E-state index >= 15 is 0 Å². The van der Waals surface area contributed by atoms with Crippen molar-refractivity contribution in [2.75, 3.05) is 0 Å². The molecule has 0 radical (unpaired) electrons. The van der Waals surface area contributed by atoms with E-state index in [4.69, 9.17) is 0 Å². The summed E-state index contributed by atoms with van der Waals surface area (Å²) in [5.74, 6) is -0.341. The molecule has 0 aromatic heterocycles. The lowest BCUT2D eigenvalue weighted by Gasteiger charge is -2.28. The van der Waals surface area contributed by atoms with Gasteiger partial charge in [-0.2, -0.15) is 0 Å². The molecule has 0 atom stereocenters. The summed E-state index contributed by atoms with van der Waals surface area (Å²) >= 11 is 3.15. The molecule has 0 aliphatic carbocycles. The minimum atomic E-state index is -1.03. The number of hydrogen-bond donors (Lipinski definition) is 1. The van der Waals surface area contributed by atoms with E-state index in [0.717, 1.165) is 12.8 Å². The summed E-state index contributed by atoms with van der Waals surface area (Å²) in [4.78, 5) is 0. The van der Waals surface area contributed by atoms with Gasteiger partial charge in [0.25, 0.3) is 0 Å². The Morgan fingerprint density at radius 3 is 2.31 bits per heavy atom. The van der Waals surface area contributed by atoms with E-state index in [1.54, 1.807) is 18.2 Å². The third-order valence-electron chi connectivity index (χ3n) is 2.78. The van der Waals surface area contributed by atoms with Gasteiger partial charge in [-0.3, -0.25) is 0 Å². The van der Waals surface area contributed by atoms with Crippen molar-refractivity contribution in [3.8, 4) is 0 Å². The maximum Gasteiger partial charge on any atom is 0.143 e. The number of benzene rings is 1. The minimum Gasteiger partial charge on any atom is -0.385 e. The summed E-state index contributed by atoms with van der Waals surface area (Å²) in [5, 5.41) is 10.5. The summed E-state index contributed by atoms with van der Waals surface area (Å²) in [7, 11) is 0. The second-order valence-electron chi connectivity index (χ2n) is 4.13. The first-order chi connectivity index (χ1) is 7.55. The van der Waals surface area contributed by atoms with Crippen LogP contribution in [0.3, 0.4) is 0 Å². The van der Waals surface area contributed by atoms with Crippen molar-refractivity contribution in [3.63, 3.8) is 0 Å². The third-order valence-corrected chi connectivity index (χ3v) is 3.39. The molecule has 16 heavy (non-hydrogen) atoms. The van der Waals surface area contributed by atoms with E-state index in [2.05, 4.69) is 15.9 Å². The van der Waals surface area contributed by atoms with E-state index in [0.29, 0.717) is 22.9 Å². The molecule has 0 saturated heterocycles. The van der Waals surface area contributed by atoms with Gasteiger partial charge in [0.15, 0.2) is 0 Å². The van der Waals surface area contributed by atoms with Crippen LogP contribution in [0.5, 0.6) is 0 Å². The molecule has 1 N–H and O–H groups in total. The third kappa shape index (κ3) is 2.83. The molecule has 1 aromatic rings. The molecule has 0 spiro atoms. The van der Waals surface area contributed by atoms with Gasteiger partial charge in [0.2, 0.25) is 0 Å². The van der Waals surface area contributed by atoms with Crippen LogP contribution in [-0.2, 0) is 5.60 Å². The van der Waals surface area contributed by atoms with Crippen molar-refractivity contribution in [1.29, 1.82) is 0 Å². The van der Waals surface area contributed by atoms with Crippen molar-refractivity contribution in [2.24, 2.45) is 0 Å². The average Bonchev–Trinajstić information content (AvgIpc) is 2.22. The molecular weight excluding hydrogens is 271 g/mol. The molecule has 0 amide bonds. The van der Waals surface area contributed by atoms with Crippen molar-refractivity contribution >= 4 is 15.9 Å². The first kappa shape index (κ1) is 13.7. The monoisotopic (exact) mass is 288 g/mol. The zero-order chi connectivity index (χ0) is 12.2. The van der Waals surface area contributed by atoms with E-state index in [9.17, 15) is 9.50 Å². The second kappa shape index (κ2) is 5.78. The highest BCUT2D eigenvalue weighted by Crippen LogP contribution is 2.35. The van der Waals surface area contributed by atoms with Crippen molar-refractivity contribution < 1.29 is 9.50 Å². The number of rotatable bonds is 5. The predicted molar refractivity (Wildman–Crippen MR) is 67.8 cm³/mol. The molecule has 1 rings (SSSR count). The number of aliphatic hydroxyl groups is 1. The van der Waals surface area contributed by atoms with Crippen LogP contribution < -0.4 is 0 Å². The first-order valence-corrected chi connectivity index (χ1v) is 6.51. The Kier molecular flexibility index (Phi) is 4.93. The lowest BCUT2D eigenvalue weighted by Crippen LogP contribution is -2.26. The molecule has 0 bridgehead atoms. The van der Waals surface area contributed by atoms with Gasteiger partial charge < -0.3 is 5.11 Å². The zero-order valence-corrected chi connectivity index (χ0v) is 11.3. The Hall–Kier alpha value is -0.410. The second-order valence-corrected chi connectivity index (χ2v) is 4.99. The molecule has 0 aliphatic heterocycles. The minimum absolute atomic E-state index is 0.341. The van der Waals surface area contributed by atoms with Gasteiger partial charge in [-0.1, -0.05) is 38.8 Å². The van der Waals surface area contributed by atoms with Crippen LogP contribution >= 0.6 is 15.9 Å². The highest BCUT2D eigenvalue weighted by molar-refractivity contribution is 9.10. The SMILES string of the molecule is CCCC(O)(CCC)c1cccc(Br)c1F. The Balaban J connectivity index is 3.15. The van der Waals surface area contributed by atoms with E-state index in [-0.39, 0.29) is 5.82 Å². The van der Waals surface area contributed by atoms with Crippen LogP contribution in [-0.4, -0.2) is 5.11 Å². The van der Waals surface area contributed by atoms with Crippen molar-refractivity contribution in [2.45, 2.75) is 45.1 Å². The summed E-state index contributed by atoms with van der Waals surface area (Å²) in [6, 6.07) is 5.08. The molecule has 0 unspecified atom stereocenters. The maximum absolute atomic E-state index is 13.9. The summed E-state index contributed by atoms with van der Waals surface area (Å²) in [6.45, 7) is 3.99. The van der Waals surface area contributed by atoms with Crippen LogP contribution in [0, 0.1) is 5.82 Å². The van der Waals surface area contributed by atoms with Crippen molar-refractivity contribution in [1.82, 2.24) is 0 Å². The van der Waals surface area contributed by atoms with Gasteiger partial charge in [0.1, 0.15) is 5.82 Å². The highest BCUT2D eigenvalue weighted by Gasteiger charge is 2.30. The van der Waals surface area contributed by atoms with Gasteiger partial charge >= 0.3 is 0 Å². The highest BCUT2D eigenvalue weighted by atomic mass is 79.9. The number of hydrogen-bond acceptors (Lipinski definition) is 1. The van der Waals surface area contributed by atoms with Crippen LogP contribution in [0.1, 0.15) is 45.1 Å². The van der Waals surface area contributed by atoms with Crippen LogP contribution in [0.25, 0.3) is 0 Å². The number of halogens is 2. The van der Waals surface area contributed by atoms with Crippen LogP contribution in [0.15, 0.2) is 22.7 Å². The molecule has 3 heteroatoms. The van der Waals surface area contributed by atoms with Crippen molar-refractivity contribution in [3.05, 3.63) is 34.1 Å². The Bertz CT molecular complexity index is 346. The summed E-state index contributed by atoms with van der Waals surface area (Å²) in [5.41, 5.74) is -0.622. The molecule has 0 heterocycles. The van der Waals surface area contributed by atoms with E-state index in [1.165, 1.54) is 0 Å². The van der Waals surface area contributed by atoms with E-state index < -0.39 is 5.60 Å². The lowest BCUT2D eigenvalue weighted by atomic mass is 9.85. The van der Waals surface area contributed by atoms with E-state index in [1.807, 2.05) is 13.8 Å². The van der Waals surface area contributed by atoms with Gasteiger partial charge in [-0.15, -0.1) is 0 Å². The van der Waals surface area contributed by atoms with Crippen LogP contribution in [0.2, 0.25) is 0 Å². The maximum atomic E-state index is 13.9. The van der Waals surface area contributed by atoms with Gasteiger partial charge in [0, 0.05) is 5.56 Å². The summed E-state index contributed by atoms with van der Waals surface area (Å²) < 4.78 is 14.3. The average molecular weight is 289 g/mol. The molecule has 0 saturated carbocycles. The molecule has 1 aromatic carbocycles. The standard InChI is InChI=1S/C13H18BrFO/c1-3-8-13(16,9-4-2)10-6-5-7-11(14)12(10)15/h5-7,16H,3-4,8-9H2,1-2H3. The largest absolute Gasteiger partial charge is 0.385 e. The quantitative estimate of drug-likeness (QED) is 0.853. The topological polar surface area (TPSA) is 20.2 Å². The first-order valence-electron chi connectivity index (χ1n) is 5.72. The summed E-state index contributed by atoms with van der Waals surface area (Å²) in [6.07, 6.45) is 2.85. The van der Waals surface area contributed by atoms with Gasteiger partial charge in [0.05, 0.1) is 10.1 Å². The molecule has 0 fully saturated rings. The molecule has 1 nitrogen and oxygen atoms in total.